The molecule has 19 nitrogen and oxygen atoms in total. The minimum absolute atomic E-state index is 0.238. The van der Waals surface area contributed by atoms with E-state index in [1.54, 1.807) is 0 Å². The van der Waals surface area contributed by atoms with Crippen LogP contribution in [-0.4, -0.2) is 193 Å². The number of allylic oxidation sites excluding steroid dienone is 10. The highest BCUT2D eigenvalue weighted by Crippen LogP contribution is 2.33. The number of rotatable bonds is 65. The van der Waals surface area contributed by atoms with Crippen LogP contribution in [-0.2, 0) is 33.2 Å². The van der Waals surface area contributed by atoms with Crippen molar-refractivity contribution in [3.63, 3.8) is 0 Å². The first-order chi connectivity index (χ1) is 49.3. The van der Waals surface area contributed by atoms with Crippen LogP contribution >= 0.6 is 0 Å². The fourth-order valence-corrected chi connectivity index (χ4v) is 13.8. The minimum Gasteiger partial charge on any atom is -0.394 e. The van der Waals surface area contributed by atoms with Crippen LogP contribution in [0.5, 0.6) is 0 Å². The zero-order chi connectivity index (χ0) is 73.2. The molecule has 3 saturated heterocycles. The molecule has 101 heavy (non-hydrogen) atoms. The Morgan fingerprint density at radius 2 is 0.683 bits per heavy atom. The van der Waals surface area contributed by atoms with Crippen molar-refractivity contribution in [2.24, 2.45) is 0 Å². The van der Waals surface area contributed by atoms with E-state index in [4.69, 9.17) is 28.4 Å². The smallest absolute Gasteiger partial charge is 0.220 e. The van der Waals surface area contributed by atoms with Crippen LogP contribution in [0.3, 0.4) is 0 Å². The summed E-state index contributed by atoms with van der Waals surface area (Å²) in [7, 11) is 0. The lowest BCUT2D eigenvalue weighted by Gasteiger charge is -2.48. The van der Waals surface area contributed by atoms with Gasteiger partial charge in [0.1, 0.15) is 73.2 Å². The van der Waals surface area contributed by atoms with E-state index < -0.39 is 124 Å². The van der Waals surface area contributed by atoms with Gasteiger partial charge in [0, 0.05) is 6.42 Å². The van der Waals surface area contributed by atoms with Gasteiger partial charge in [-0.1, -0.05) is 319 Å². The third kappa shape index (κ3) is 42.6. The predicted molar refractivity (Wildman–Crippen MR) is 402 cm³/mol. The van der Waals surface area contributed by atoms with Crippen molar-refractivity contribution < 1.29 is 89.4 Å². The molecular formula is C82H149NO18. The molecule has 0 bridgehead atoms. The second-order valence-corrected chi connectivity index (χ2v) is 29.2. The summed E-state index contributed by atoms with van der Waals surface area (Å²) >= 11 is 0. The van der Waals surface area contributed by atoms with Crippen LogP contribution in [0.25, 0.3) is 0 Å². The molecule has 1 amide bonds. The summed E-state index contributed by atoms with van der Waals surface area (Å²) in [4.78, 5) is 13.5. The van der Waals surface area contributed by atoms with Crippen molar-refractivity contribution in [2.45, 2.75) is 426 Å². The molecule has 0 aromatic heterocycles. The lowest BCUT2D eigenvalue weighted by molar-refractivity contribution is -0.379. The van der Waals surface area contributed by atoms with E-state index in [9.17, 15) is 61.0 Å². The van der Waals surface area contributed by atoms with Gasteiger partial charge in [-0.15, -0.1) is 0 Å². The first-order valence-corrected chi connectivity index (χ1v) is 41.0. The molecule has 19 heteroatoms. The Morgan fingerprint density at radius 3 is 1.07 bits per heavy atom. The van der Waals surface area contributed by atoms with Crippen molar-refractivity contribution in [3.05, 3.63) is 60.8 Å². The highest BCUT2D eigenvalue weighted by Gasteiger charge is 2.54. The third-order valence-electron chi connectivity index (χ3n) is 20.4. The first kappa shape index (κ1) is 92.7. The topological polar surface area (TPSA) is 307 Å². The van der Waals surface area contributed by atoms with E-state index in [0.29, 0.717) is 12.8 Å². The van der Waals surface area contributed by atoms with Crippen molar-refractivity contribution in [3.8, 4) is 0 Å². The summed E-state index contributed by atoms with van der Waals surface area (Å²) in [6, 6.07) is -0.889. The fraction of sp³-hybridized carbons (Fsp3) is 0.866. The second kappa shape index (κ2) is 62.5. The van der Waals surface area contributed by atoms with E-state index in [2.05, 4.69) is 79.9 Å². The molecule has 0 aromatic carbocycles. The normalized spacial score (nSPS) is 26.6. The molecule has 3 aliphatic heterocycles. The number of hydrogen-bond donors (Lipinski definition) is 12. The number of hydrogen-bond acceptors (Lipinski definition) is 18. The van der Waals surface area contributed by atoms with E-state index in [1.807, 2.05) is 0 Å². The van der Waals surface area contributed by atoms with E-state index in [1.165, 1.54) is 212 Å². The van der Waals surface area contributed by atoms with Crippen molar-refractivity contribution in [2.75, 3.05) is 26.4 Å². The molecule has 590 valence electrons. The largest absolute Gasteiger partial charge is 0.394 e. The number of carbonyl (C=O) groups excluding carboxylic acids is 1. The molecule has 0 radical (unpaired) electrons. The molecule has 12 N–H and O–H groups in total. The maximum absolute atomic E-state index is 13.5. The molecule has 0 aliphatic carbocycles. The van der Waals surface area contributed by atoms with Gasteiger partial charge in [0.2, 0.25) is 5.91 Å². The number of nitrogens with one attached hydrogen (secondary N) is 1. The molecule has 17 unspecified atom stereocenters. The average Bonchev–Trinajstić information content (AvgIpc) is 0.782. The van der Waals surface area contributed by atoms with E-state index in [-0.39, 0.29) is 18.9 Å². The Labute approximate surface area is 611 Å². The van der Waals surface area contributed by atoms with Crippen LogP contribution in [0, 0.1) is 0 Å². The molecule has 3 heterocycles. The molecule has 0 aromatic rings. The number of aliphatic hydroxyl groups is 11. The van der Waals surface area contributed by atoms with Crippen LogP contribution < -0.4 is 5.32 Å². The summed E-state index contributed by atoms with van der Waals surface area (Å²) in [6.45, 7) is 1.73. The van der Waals surface area contributed by atoms with Gasteiger partial charge in [-0.25, -0.2) is 0 Å². The van der Waals surface area contributed by atoms with Gasteiger partial charge in [-0.05, 0) is 57.8 Å². The molecule has 17 atom stereocenters. The maximum Gasteiger partial charge on any atom is 0.220 e. The monoisotopic (exact) mass is 1440 g/mol. The molecular weight excluding hydrogens is 1290 g/mol. The summed E-state index contributed by atoms with van der Waals surface area (Å²) in [6.07, 6.45) is 53.1. The van der Waals surface area contributed by atoms with Gasteiger partial charge in [-0.3, -0.25) is 4.79 Å². The van der Waals surface area contributed by atoms with Crippen LogP contribution in [0.2, 0.25) is 0 Å². The van der Waals surface area contributed by atoms with Gasteiger partial charge in [0.25, 0.3) is 0 Å². The number of unbranched alkanes of at least 4 members (excludes halogenated alkanes) is 39. The average molecular weight is 1440 g/mol. The third-order valence-corrected chi connectivity index (χ3v) is 20.4. The Morgan fingerprint density at radius 1 is 0.366 bits per heavy atom. The second-order valence-electron chi connectivity index (χ2n) is 29.2. The van der Waals surface area contributed by atoms with Gasteiger partial charge in [0.15, 0.2) is 18.9 Å². The summed E-state index contributed by atoms with van der Waals surface area (Å²) in [5.41, 5.74) is 0. The lowest BCUT2D eigenvalue weighted by Crippen LogP contribution is -2.66. The number of aliphatic hydroxyl groups excluding tert-OH is 11. The highest BCUT2D eigenvalue weighted by molar-refractivity contribution is 5.76. The fourth-order valence-electron chi connectivity index (χ4n) is 13.8. The number of amides is 1. The number of ether oxygens (including phenoxy) is 6. The molecule has 0 saturated carbocycles. The van der Waals surface area contributed by atoms with Crippen molar-refractivity contribution in [1.29, 1.82) is 0 Å². The Bertz CT molecular complexity index is 2060. The zero-order valence-corrected chi connectivity index (χ0v) is 63.1. The molecule has 3 fully saturated rings. The molecule has 3 aliphatic rings. The van der Waals surface area contributed by atoms with Crippen LogP contribution in [0.4, 0.5) is 0 Å². The van der Waals surface area contributed by atoms with Crippen molar-refractivity contribution >= 4 is 5.91 Å². The standard InChI is InChI=1S/C82H149NO18/c1-3-5-7-9-11-13-15-17-19-21-23-25-26-27-28-29-30-31-32-33-34-35-36-37-38-40-42-44-46-48-50-52-54-56-58-60-70(88)83-65(66(87)59-57-55-53-51-49-47-45-43-41-39-24-22-20-18-16-14-12-10-8-6-4-2)64-96-80-76(94)73(91)78(68(62-85)98-80)101-82-77(95)74(92)79(69(63-86)99-82)100-81-75(93)72(90)71(89)67(61-84)97-81/h5,7,11,13,17,19,23,25,27-28,65-69,71-82,84-87,89-95H,3-4,6,8-10,12,14-16,18,20-22,24,26,29-64H2,1-2H3,(H,83,88)/b7-5-,13-11-,19-17-,25-23-,28-27-. The zero-order valence-electron chi connectivity index (χ0n) is 63.1. The Kier molecular flexibility index (Phi) is 57.4. The van der Waals surface area contributed by atoms with Gasteiger partial charge in [-0.2, -0.15) is 0 Å². The van der Waals surface area contributed by atoms with Crippen molar-refractivity contribution in [1.82, 2.24) is 5.32 Å². The Balaban J connectivity index is 1.33. The van der Waals surface area contributed by atoms with Gasteiger partial charge >= 0.3 is 0 Å². The number of carbonyl (C=O) groups is 1. The first-order valence-electron chi connectivity index (χ1n) is 41.0. The summed E-state index contributed by atoms with van der Waals surface area (Å²) < 4.78 is 34.5. The Hall–Kier alpha value is -2.51. The predicted octanol–water partition coefficient (Wildman–Crippen LogP) is 13.8. The van der Waals surface area contributed by atoms with E-state index >= 15 is 0 Å². The van der Waals surface area contributed by atoms with Crippen LogP contribution in [0.1, 0.15) is 322 Å². The molecule has 3 rings (SSSR count). The van der Waals surface area contributed by atoms with Gasteiger partial charge < -0.3 is 89.9 Å². The minimum atomic E-state index is -1.97. The summed E-state index contributed by atoms with van der Waals surface area (Å²) in [5.74, 6) is -0.238. The maximum atomic E-state index is 13.5. The summed E-state index contributed by atoms with van der Waals surface area (Å²) in [5, 5.41) is 121. The quantitative estimate of drug-likeness (QED) is 0.0199. The molecule has 0 spiro atoms. The highest BCUT2D eigenvalue weighted by atomic mass is 16.8. The van der Waals surface area contributed by atoms with Gasteiger partial charge in [0.05, 0.1) is 38.6 Å². The lowest BCUT2D eigenvalue weighted by atomic mass is 9.96. The van der Waals surface area contributed by atoms with E-state index in [0.717, 1.165) is 77.0 Å². The van der Waals surface area contributed by atoms with Crippen LogP contribution in [0.15, 0.2) is 60.8 Å². The SMILES string of the molecule is CC/C=C\C/C=C\C/C=C\C/C=C\C/C=C\CCCCCCCCCCCCCCCCCCCCCC(=O)NC(COC1OC(CO)C(OC2OC(CO)C(OC3OC(CO)C(O)C(O)C3O)C(O)C2O)C(O)C1O)C(O)CCCCCCCCCCCCCCCCCCCCCCC.